The molecule has 1 amide bonds. The summed E-state index contributed by atoms with van der Waals surface area (Å²) in [6.07, 6.45) is 10.9. The highest BCUT2D eigenvalue weighted by atomic mass is 16.5. The average molecular weight is 325 g/mol. The Labute approximate surface area is 144 Å². The fourth-order valence-electron chi connectivity index (χ4n) is 5.55. The van der Waals surface area contributed by atoms with Crippen LogP contribution in [0.5, 0.6) is 5.75 Å². The summed E-state index contributed by atoms with van der Waals surface area (Å²) in [7, 11) is 0. The van der Waals surface area contributed by atoms with E-state index in [1.54, 1.807) is 0 Å². The number of carbonyl (C=O) groups excluding carboxylic acids is 1. The Morgan fingerprint density at radius 1 is 1.38 bits per heavy atom. The number of allylic oxidation sites excluding steroid dienone is 2. The molecular weight excluding hydrogens is 298 g/mol. The number of carbonyl (C=O) groups is 1. The first kappa shape index (κ1) is 15.7. The fourth-order valence-corrected chi connectivity index (χ4v) is 5.55. The summed E-state index contributed by atoms with van der Waals surface area (Å²) >= 11 is 0. The Balaban J connectivity index is 1.74. The monoisotopic (exact) mass is 325 g/mol. The first-order valence-corrected chi connectivity index (χ1v) is 9.30. The number of hydrogen-bond acceptors (Lipinski definition) is 2. The van der Waals surface area contributed by atoms with E-state index in [1.165, 1.54) is 36.8 Å². The van der Waals surface area contributed by atoms with Crippen LogP contribution in [0.25, 0.3) is 0 Å². The maximum atomic E-state index is 11.8. The predicted molar refractivity (Wildman–Crippen MR) is 95.3 cm³/mol. The van der Waals surface area contributed by atoms with E-state index in [-0.39, 0.29) is 5.91 Å². The number of benzene rings is 1. The van der Waals surface area contributed by atoms with Crippen molar-refractivity contribution < 1.29 is 9.53 Å². The summed E-state index contributed by atoms with van der Waals surface area (Å²) in [5, 5.41) is 0. The second kappa shape index (κ2) is 5.65. The number of rotatable bonds is 3. The summed E-state index contributed by atoms with van der Waals surface area (Å²) in [5.41, 5.74) is 9.23. The van der Waals surface area contributed by atoms with E-state index in [1.807, 2.05) is 13.0 Å². The van der Waals surface area contributed by atoms with Gasteiger partial charge in [-0.25, -0.2) is 0 Å². The molecule has 3 nitrogen and oxygen atoms in total. The molecule has 0 aromatic heterocycles. The van der Waals surface area contributed by atoms with Crippen LogP contribution in [0, 0.1) is 17.3 Å². The van der Waals surface area contributed by atoms with Crippen LogP contribution >= 0.6 is 0 Å². The van der Waals surface area contributed by atoms with Gasteiger partial charge in [-0.1, -0.05) is 19.1 Å². The third-order valence-electron chi connectivity index (χ3n) is 6.72. The number of fused-ring (bicyclic) bond motifs is 5. The van der Waals surface area contributed by atoms with Gasteiger partial charge in [0.15, 0.2) is 0 Å². The SMILES string of the molecule is CCOc1cc2c(cc1C(N)=O)CCC1C2CC[C@]2(C)C=CCC12. The van der Waals surface area contributed by atoms with Gasteiger partial charge in [-0.2, -0.15) is 0 Å². The van der Waals surface area contributed by atoms with E-state index in [9.17, 15) is 4.79 Å². The van der Waals surface area contributed by atoms with Gasteiger partial charge in [0.05, 0.1) is 12.2 Å². The van der Waals surface area contributed by atoms with Gasteiger partial charge in [0.2, 0.25) is 0 Å². The van der Waals surface area contributed by atoms with Crippen molar-refractivity contribution >= 4 is 5.91 Å². The number of primary amides is 1. The average Bonchev–Trinajstić information content (AvgIpc) is 2.96. The first-order valence-electron chi connectivity index (χ1n) is 9.30. The third kappa shape index (κ3) is 2.28. The number of nitrogens with two attached hydrogens (primary N) is 1. The molecule has 4 atom stereocenters. The molecule has 0 bridgehead atoms. The lowest BCUT2D eigenvalue weighted by atomic mass is 9.55. The Kier molecular flexibility index (Phi) is 3.70. The van der Waals surface area contributed by atoms with E-state index in [2.05, 4.69) is 25.1 Å². The molecule has 1 aromatic rings. The Hall–Kier alpha value is -1.77. The van der Waals surface area contributed by atoms with E-state index >= 15 is 0 Å². The summed E-state index contributed by atoms with van der Waals surface area (Å²) < 4.78 is 5.74. The maximum Gasteiger partial charge on any atom is 0.252 e. The molecule has 3 aliphatic rings. The molecule has 2 N–H and O–H groups in total. The van der Waals surface area contributed by atoms with Crippen LogP contribution in [0.3, 0.4) is 0 Å². The van der Waals surface area contributed by atoms with Crippen molar-refractivity contribution in [1.82, 2.24) is 0 Å². The molecule has 0 radical (unpaired) electrons. The van der Waals surface area contributed by atoms with E-state index in [0.717, 1.165) is 18.3 Å². The Morgan fingerprint density at radius 2 is 2.21 bits per heavy atom. The topological polar surface area (TPSA) is 52.3 Å². The van der Waals surface area contributed by atoms with Gasteiger partial charge >= 0.3 is 0 Å². The number of ether oxygens (including phenoxy) is 1. The van der Waals surface area contributed by atoms with Crippen LogP contribution in [0.15, 0.2) is 24.3 Å². The molecule has 0 spiro atoms. The van der Waals surface area contributed by atoms with Crippen LogP contribution in [-0.4, -0.2) is 12.5 Å². The van der Waals surface area contributed by atoms with E-state index in [0.29, 0.717) is 29.3 Å². The van der Waals surface area contributed by atoms with Gasteiger partial charge in [-0.15, -0.1) is 0 Å². The van der Waals surface area contributed by atoms with Crippen LogP contribution in [0.2, 0.25) is 0 Å². The van der Waals surface area contributed by atoms with Crippen LogP contribution < -0.4 is 10.5 Å². The van der Waals surface area contributed by atoms with Crippen LogP contribution in [-0.2, 0) is 6.42 Å². The zero-order valence-corrected chi connectivity index (χ0v) is 14.7. The molecule has 3 heteroatoms. The van der Waals surface area contributed by atoms with Crippen molar-refractivity contribution in [3.8, 4) is 5.75 Å². The molecular formula is C21H27NO2. The van der Waals surface area contributed by atoms with Crippen LogP contribution in [0.4, 0.5) is 0 Å². The lowest BCUT2D eigenvalue weighted by Gasteiger charge is -2.49. The summed E-state index contributed by atoms with van der Waals surface area (Å²) in [6, 6.07) is 4.13. The fraction of sp³-hybridized carbons (Fsp3) is 0.571. The molecule has 0 heterocycles. The highest BCUT2D eigenvalue weighted by molar-refractivity contribution is 5.96. The minimum Gasteiger partial charge on any atom is -0.493 e. The second-order valence-electron chi connectivity index (χ2n) is 7.94. The lowest BCUT2D eigenvalue weighted by Crippen LogP contribution is -2.39. The number of hydrogen-bond donors (Lipinski definition) is 1. The second-order valence-corrected chi connectivity index (χ2v) is 7.94. The number of amides is 1. The molecule has 1 fully saturated rings. The first-order chi connectivity index (χ1) is 11.5. The van der Waals surface area contributed by atoms with Gasteiger partial charge in [0, 0.05) is 0 Å². The minimum absolute atomic E-state index is 0.389. The van der Waals surface area contributed by atoms with E-state index < -0.39 is 0 Å². The van der Waals surface area contributed by atoms with Gasteiger partial charge in [-0.05, 0) is 85.5 Å². The zero-order valence-electron chi connectivity index (χ0n) is 14.7. The highest BCUT2D eigenvalue weighted by Gasteiger charge is 2.48. The summed E-state index contributed by atoms with van der Waals surface area (Å²) in [4.78, 5) is 11.8. The molecule has 4 rings (SSSR count). The van der Waals surface area contributed by atoms with Gasteiger partial charge in [0.25, 0.3) is 5.91 Å². The molecule has 128 valence electrons. The molecule has 3 unspecified atom stereocenters. The molecule has 1 aromatic carbocycles. The minimum atomic E-state index is -0.389. The van der Waals surface area contributed by atoms with Crippen molar-refractivity contribution in [2.45, 2.75) is 51.9 Å². The lowest BCUT2D eigenvalue weighted by molar-refractivity contribution is 0.0824. The van der Waals surface area contributed by atoms with Crippen molar-refractivity contribution in [3.05, 3.63) is 41.0 Å². The van der Waals surface area contributed by atoms with Crippen LogP contribution in [0.1, 0.15) is 66.9 Å². The normalized spacial score (nSPS) is 33.5. The Morgan fingerprint density at radius 3 is 2.96 bits per heavy atom. The number of aryl methyl sites for hydroxylation is 1. The standard InChI is InChI=1S/C21H27NO2/c1-3-24-19-12-16-13(11-17(19)20(22)23)6-7-15-14(16)8-10-21(2)9-4-5-18(15)21/h4,9,11-12,14-15,18H,3,5-8,10H2,1-2H3,(H2,22,23)/t14?,15?,18?,21-/m0/s1. The van der Waals surface area contributed by atoms with E-state index in [4.69, 9.17) is 10.5 Å². The zero-order chi connectivity index (χ0) is 16.9. The summed E-state index contributed by atoms with van der Waals surface area (Å²) in [5.74, 6) is 2.41. The van der Waals surface area contributed by atoms with Crippen molar-refractivity contribution in [2.24, 2.45) is 23.0 Å². The van der Waals surface area contributed by atoms with Crippen molar-refractivity contribution in [2.75, 3.05) is 6.61 Å². The molecule has 3 aliphatic carbocycles. The molecule has 0 saturated heterocycles. The quantitative estimate of drug-likeness (QED) is 0.847. The van der Waals surface area contributed by atoms with Gasteiger partial charge < -0.3 is 10.5 Å². The van der Waals surface area contributed by atoms with Crippen molar-refractivity contribution in [3.63, 3.8) is 0 Å². The Bertz CT molecular complexity index is 708. The van der Waals surface area contributed by atoms with Gasteiger partial charge in [-0.3, -0.25) is 4.79 Å². The molecule has 1 saturated carbocycles. The largest absolute Gasteiger partial charge is 0.493 e. The summed E-state index contributed by atoms with van der Waals surface area (Å²) in [6.45, 7) is 4.94. The van der Waals surface area contributed by atoms with Crippen molar-refractivity contribution in [1.29, 1.82) is 0 Å². The third-order valence-corrected chi connectivity index (χ3v) is 6.72. The molecule has 24 heavy (non-hydrogen) atoms. The molecule has 0 aliphatic heterocycles. The highest BCUT2D eigenvalue weighted by Crippen LogP contribution is 2.58. The predicted octanol–water partition coefficient (Wildman–Crippen LogP) is 4.21. The maximum absolute atomic E-state index is 11.8. The van der Waals surface area contributed by atoms with Gasteiger partial charge in [0.1, 0.15) is 5.75 Å². The smallest absolute Gasteiger partial charge is 0.252 e.